The molecule has 2 aromatic rings. The van der Waals surface area contributed by atoms with Gasteiger partial charge in [0.05, 0.1) is 24.1 Å². The normalized spacial score (nSPS) is 16.6. The van der Waals surface area contributed by atoms with Crippen molar-refractivity contribution in [2.75, 3.05) is 12.4 Å². The third-order valence-electron chi connectivity index (χ3n) is 6.48. The second-order valence-electron chi connectivity index (χ2n) is 9.35. The van der Waals surface area contributed by atoms with E-state index in [0.717, 1.165) is 0 Å². The molecule has 1 heterocycles. The Balaban J connectivity index is 2.06. The molecule has 0 bridgehead atoms. The van der Waals surface area contributed by atoms with E-state index in [4.69, 9.17) is 10.5 Å². The molecule has 4 N–H and O–H groups in total. The van der Waals surface area contributed by atoms with E-state index in [1.54, 1.807) is 30.3 Å². The van der Waals surface area contributed by atoms with Gasteiger partial charge in [-0.15, -0.1) is 0 Å². The molecule has 0 saturated heterocycles. The number of hydrogen-bond acceptors (Lipinski definition) is 6. The fraction of sp³-hybridized carbons (Fsp3) is 0.370. The van der Waals surface area contributed by atoms with Gasteiger partial charge in [-0.1, -0.05) is 30.3 Å². The van der Waals surface area contributed by atoms with Crippen LogP contribution in [0.1, 0.15) is 42.4 Å². The number of benzene rings is 2. The first-order valence-corrected chi connectivity index (χ1v) is 12.4. The van der Waals surface area contributed by atoms with Crippen molar-refractivity contribution in [1.29, 1.82) is 5.26 Å². The first kappa shape index (κ1) is 31.9. The lowest BCUT2D eigenvalue weighted by Crippen LogP contribution is -2.48. The number of methoxy groups -OCH3 is 1. The van der Waals surface area contributed by atoms with Crippen molar-refractivity contribution in [3.05, 3.63) is 59.2 Å². The van der Waals surface area contributed by atoms with Crippen molar-refractivity contribution in [3.8, 4) is 11.8 Å². The molecule has 1 aliphatic rings. The molecule has 0 aromatic heterocycles. The number of hydrogen-bond donors (Lipinski definition) is 3. The van der Waals surface area contributed by atoms with E-state index in [2.05, 4.69) is 15.6 Å². The zero-order chi connectivity index (χ0) is 31.2. The number of amides is 3. The average Bonchev–Trinajstić information content (AvgIpc) is 3.04. The van der Waals surface area contributed by atoms with Crippen molar-refractivity contribution < 1.29 is 45.5 Å². The first-order chi connectivity index (χ1) is 19.6. The Hall–Kier alpha value is -4.61. The summed E-state index contributed by atoms with van der Waals surface area (Å²) in [4.78, 5) is 43.0. The molecule has 9 nitrogen and oxygen atoms in total. The van der Waals surface area contributed by atoms with Crippen LogP contribution in [0.15, 0.2) is 47.5 Å². The molecule has 0 fully saturated rings. The minimum Gasteiger partial charge on any atom is -0.493 e. The molecule has 0 saturated carbocycles. The molecule has 3 atom stereocenters. The van der Waals surface area contributed by atoms with Crippen LogP contribution in [0.5, 0.6) is 5.75 Å². The Morgan fingerprint density at radius 2 is 1.64 bits per heavy atom. The second-order valence-corrected chi connectivity index (χ2v) is 9.35. The molecular formula is C27H25F6N5O4. The van der Waals surface area contributed by atoms with E-state index in [-0.39, 0.29) is 28.3 Å². The van der Waals surface area contributed by atoms with Crippen LogP contribution in [0.25, 0.3) is 0 Å². The van der Waals surface area contributed by atoms with Crippen molar-refractivity contribution in [2.45, 2.75) is 44.2 Å². The van der Waals surface area contributed by atoms with E-state index in [0.29, 0.717) is 5.56 Å². The Kier molecular flexibility index (Phi) is 9.82. The zero-order valence-electron chi connectivity index (χ0n) is 22.0. The SMILES string of the molecule is COc1c(C#N)ccc2c1NC(=O)[C@@H](NC(=O)[C@@H](CCC(F)(F)F)[C@@H](CCC(F)(F)F)C(N)=O)N=C2c1ccccc1. The summed E-state index contributed by atoms with van der Waals surface area (Å²) in [5.41, 5.74) is 6.13. The van der Waals surface area contributed by atoms with Crippen molar-refractivity contribution in [1.82, 2.24) is 5.32 Å². The summed E-state index contributed by atoms with van der Waals surface area (Å²) < 4.78 is 83.2. The predicted octanol–water partition coefficient (Wildman–Crippen LogP) is 4.20. The van der Waals surface area contributed by atoms with E-state index >= 15 is 0 Å². The van der Waals surface area contributed by atoms with Gasteiger partial charge in [0.2, 0.25) is 18.0 Å². The van der Waals surface area contributed by atoms with Crippen LogP contribution in [-0.4, -0.2) is 49.1 Å². The molecule has 2 aromatic carbocycles. The molecule has 0 radical (unpaired) electrons. The Morgan fingerprint density at radius 3 is 2.17 bits per heavy atom. The maximum atomic E-state index is 13.3. The smallest absolute Gasteiger partial charge is 0.389 e. The topological polar surface area (TPSA) is 147 Å². The van der Waals surface area contributed by atoms with Gasteiger partial charge in [-0.3, -0.25) is 14.4 Å². The quantitative estimate of drug-likeness (QED) is 0.352. The monoisotopic (exact) mass is 597 g/mol. The summed E-state index contributed by atoms with van der Waals surface area (Å²) in [5.74, 6) is -7.62. The molecule has 1 aliphatic heterocycles. The van der Waals surface area contributed by atoms with Gasteiger partial charge >= 0.3 is 12.4 Å². The summed E-state index contributed by atoms with van der Waals surface area (Å²) >= 11 is 0. The number of nitrogens with zero attached hydrogens (tertiary/aromatic N) is 2. The molecule has 0 spiro atoms. The number of nitriles is 1. The van der Waals surface area contributed by atoms with Crippen molar-refractivity contribution in [2.24, 2.45) is 22.6 Å². The van der Waals surface area contributed by atoms with Crippen LogP contribution in [0.4, 0.5) is 32.0 Å². The van der Waals surface area contributed by atoms with Crippen LogP contribution in [0.3, 0.4) is 0 Å². The molecule has 0 aliphatic carbocycles. The highest BCUT2D eigenvalue weighted by atomic mass is 19.4. The van der Waals surface area contributed by atoms with Gasteiger partial charge < -0.3 is 21.1 Å². The highest BCUT2D eigenvalue weighted by Gasteiger charge is 2.40. The molecule has 0 unspecified atom stereocenters. The number of rotatable bonds is 10. The molecular weight excluding hydrogens is 572 g/mol. The van der Waals surface area contributed by atoms with Gasteiger partial charge in [-0.2, -0.15) is 31.6 Å². The van der Waals surface area contributed by atoms with Crippen LogP contribution in [-0.2, 0) is 14.4 Å². The van der Waals surface area contributed by atoms with Crippen molar-refractivity contribution >= 4 is 29.1 Å². The minimum atomic E-state index is -4.81. The Morgan fingerprint density at radius 1 is 1.05 bits per heavy atom. The molecule has 15 heteroatoms. The molecule has 3 rings (SSSR count). The summed E-state index contributed by atoms with van der Waals surface area (Å²) in [7, 11) is 1.25. The number of fused-ring (bicyclic) bond motifs is 1. The number of anilines is 1. The average molecular weight is 598 g/mol. The number of primary amides is 1. The van der Waals surface area contributed by atoms with Crippen LogP contribution < -0.4 is 21.1 Å². The van der Waals surface area contributed by atoms with Crippen molar-refractivity contribution in [3.63, 3.8) is 0 Å². The number of halogens is 6. The number of benzodiazepines with no additional fused rings is 1. The fourth-order valence-corrected chi connectivity index (χ4v) is 4.51. The minimum absolute atomic E-state index is 0.0229. The van der Waals surface area contributed by atoms with Gasteiger partial charge in [-0.05, 0) is 25.0 Å². The highest BCUT2D eigenvalue weighted by molar-refractivity contribution is 6.20. The third-order valence-corrected chi connectivity index (χ3v) is 6.48. The predicted molar refractivity (Wildman–Crippen MR) is 137 cm³/mol. The maximum absolute atomic E-state index is 13.3. The van der Waals surface area contributed by atoms with Gasteiger partial charge in [0.15, 0.2) is 5.75 Å². The first-order valence-electron chi connectivity index (χ1n) is 12.4. The zero-order valence-corrected chi connectivity index (χ0v) is 22.0. The van der Waals surface area contributed by atoms with E-state index in [1.165, 1.54) is 19.2 Å². The second kappa shape index (κ2) is 12.9. The van der Waals surface area contributed by atoms with Gasteiger partial charge in [-0.25, -0.2) is 4.99 Å². The molecule has 224 valence electrons. The van der Waals surface area contributed by atoms with Gasteiger partial charge in [0.25, 0.3) is 5.91 Å². The largest absolute Gasteiger partial charge is 0.493 e. The van der Waals surface area contributed by atoms with Gasteiger partial charge in [0, 0.05) is 35.8 Å². The fourth-order valence-electron chi connectivity index (χ4n) is 4.51. The number of nitrogens with two attached hydrogens (primary N) is 1. The standard InChI is InChI=1S/C27H25F6N5O4/c1-42-21-15(13-34)7-8-18-19(14-5-3-2-4-6-14)36-23(25(41)37-20(18)21)38-24(40)17(10-12-27(31,32)33)16(22(35)39)9-11-26(28,29)30/h2-8,16-17,23H,9-12H2,1H3,(H2,35,39)(H,37,41)(H,38,40)/t16-,17+,23-/m1/s1. The highest BCUT2D eigenvalue weighted by Crippen LogP contribution is 2.36. The number of carbonyl (C=O) groups is 3. The maximum Gasteiger partial charge on any atom is 0.389 e. The lowest BCUT2D eigenvalue weighted by Gasteiger charge is -2.26. The number of aliphatic imine (C=N–C) groups is 1. The molecule has 3 amide bonds. The summed E-state index contributed by atoms with van der Waals surface area (Å²) in [6, 6.07) is 13.0. The van der Waals surface area contributed by atoms with Crippen LogP contribution in [0.2, 0.25) is 0 Å². The van der Waals surface area contributed by atoms with Gasteiger partial charge in [0.1, 0.15) is 6.07 Å². The summed E-state index contributed by atoms with van der Waals surface area (Å²) in [5, 5.41) is 14.2. The van der Waals surface area contributed by atoms with E-state index in [9.17, 15) is 46.0 Å². The van der Waals surface area contributed by atoms with E-state index in [1.807, 2.05) is 6.07 Å². The van der Waals surface area contributed by atoms with Crippen LogP contribution in [0, 0.1) is 23.2 Å². The van der Waals surface area contributed by atoms with Crippen LogP contribution >= 0.6 is 0 Å². The van der Waals surface area contributed by atoms with E-state index < -0.39 is 73.8 Å². The number of alkyl halides is 6. The summed E-state index contributed by atoms with van der Waals surface area (Å²) in [6.45, 7) is 0. The molecule has 42 heavy (non-hydrogen) atoms. The number of ether oxygens (including phenoxy) is 1. The Bertz CT molecular complexity index is 1400. The lowest BCUT2D eigenvalue weighted by atomic mass is 9.83. The number of carbonyl (C=O) groups excluding carboxylic acids is 3. The number of nitrogens with one attached hydrogen (secondary N) is 2. The lowest BCUT2D eigenvalue weighted by molar-refractivity contribution is -0.152. The third kappa shape index (κ3) is 7.99. The summed E-state index contributed by atoms with van der Waals surface area (Å²) in [6.07, 6.45) is -16.7. The Labute approximate surface area is 235 Å².